The van der Waals surface area contributed by atoms with E-state index in [4.69, 9.17) is 0 Å². The molecule has 0 amide bonds. The minimum absolute atomic E-state index is 0.0465. The summed E-state index contributed by atoms with van der Waals surface area (Å²) in [6, 6.07) is 6.24. The summed E-state index contributed by atoms with van der Waals surface area (Å²) < 4.78 is 14.4. The lowest BCUT2D eigenvalue weighted by molar-refractivity contribution is 0.243. The van der Waals surface area contributed by atoms with Gasteiger partial charge in [-0.25, -0.2) is 4.39 Å². The van der Waals surface area contributed by atoms with Crippen molar-refractivity contribution in [3.05, 3.63) is 29.6 Å². The molecular weight excluding hydrogens is 263 g/mol. The number of benzene rings is 1. The standard InChI is InChI=1S/C18H27FN2/c1-13(20-2)18-15(19)9-5-11-17(18)21-12-6-8-14-7-3-4-10-16(14)21/h5,9,11,13-14,16,20H,3-4,6-8,10,12H2,1-2H3/t13?,14-,16-/m1/s1. The van der Waals surface area contributed by atoms with Crippen molar-refractivity contribution in [1.29, 1.82) is 0 Å². The third-order valence-corrected chi connectivity index (χ3v) is 5.45. The van der Waals surface area contributed by atoms with Crippen LogP contribution in [-0.4, -0.2) is 19.6 Å². The summed E-state index contributed by atoms with van der Waals surface area (Å²) in [6.45, 7) is 3.12. The second-order valence-electron chi connectivity index (χ2n) is 6.63. The van der Waals surface area contributed by atoms with Crippen molar-refractivity contribution in [2.75, 3.05) is 18.5 Å². The van der Waals surface area contributed by atoms with Gasteiger partial charge in [0.05, 0.1) is 0 Å². The molecule has 1 heterocycles. The molecule has 1 saturated heterocycles. The van der Waals surface area contributed by atoms with E-state index in [0.29, 0.717) is 6.04 Å². The van der Waals surface area contributed by atoms with Crippen LogP contribution in [0.15, 0.2) is 18.2 Å². The number of nitrogens with zero attached hydrogens (tertiary/aromatic N) is 1. The molecule has 2 aliphatic rings. The Hall–Kier alpha value is -1.09. The van der Waals surface area contributed by atoms with Gasteiger partial charge in [-0.05, 0) is 57.7 Å². The van der Waals surface area contributed by atoms with Gasteiger partial charge in [0.15, 0.2) is 0 Å². The number of nitrogens with one attached hydrogen (secondary N) is 1. The highest BCUT2D eigenvalue weighted by Crippen LogP contribution is 2.40. The van der Waals surface area contributed by atoms with Gasteiger partial charge in [0, 0.05) is 29.9 Å². The second-order valence-corrected chi connectivity index (χ2v) is 6.63. The normalized spacial score (nSPS) is 27.3. The van der Waals surface area contributed by atoms with Crippen molar-refractivity contribution in [1.82, 2.24) is 5.32 Å². The van der Waals surface area contributed by atoms with E-state index in [1.54, 1.807) is 6.07 Å². The average Bonchev–Trinajstić information content (AvgIpc) is 2.53. The Balaban J connectivity index is 1.97. The predicted octanol–water partition coefficient (Wildman–Crippen LogP) is 4.27. The molecule has 3 heteroatoms. The Labute approximate surface area is 127 Å². The summed E-state index contributed by atoms with van der Waals surface area (Å²) in [4.78, 5) is 2.51. The molecule has 0 bridgehead atoms. The van der Waals surface area contributed by atoms with Crippen LogP contribution in [0, 0.1) is 11.7 Å². The summed E-state index contributed by atoms with van der Waals surface area (Å²) in [5.74, 6) is 0.737. The van der Waals surface area contributed by atoms with Gasteiger partial charge in [0.1, 0.15) is 5.82 Å². The smallest absolute Gasteiger partial charge is 0.130 e. The first kappa shape index (κ1) is 14.8. The molecule has 0 spiro atoms. The molecular formula is C18H27FN2. The van der Waals surface area contributed by atoms with Crippen molar-refractivity contribution >= 4 is 5.69 Å². The highest BCUT2D eigenvalue weighted by Gasteiger charge is 2.34. The Morgan fingerprint density at radius 2 is 1.95 bits per heavy atom. The fourth-order valence-electron chi connectivity index (χ4n) is 4.27. The van der Waals surface area contributed by atoms with Crippen molar-refractivity contribution < 1.29 is 4.39 Å². The summed E-state index contributed by atoms with van der Waals surface area (Å²) >= 11 is 0. The number of halogens is 1. The van der Waals surface area contributed by atoms with E-state index in [-0.39, 0.29) is 11.9 Å². The molecule has 3 atom stereocenters. The largest absolute Gasteiger partial charge is 0.368 e. The molecule has 0 radical (unpaired) electrons. The van der Waals surface area contributed by atoms with E-state index in [0.717, 1.165) is 23.7 Å². The van der Waals surface area contributed by atoms with Crippen LogP contribution in [0.25, 0.3) is 0 Å². The molecule has 1 aromatic rings. The van der Waals surface area contributed by atoms with Crippen LogP contribution in [0.2, 0.25) is 0 Å². The molecule has 116 valence electrons. The average molecular weight is 290 g/mol. The first-order chi connectivity index (χ1) is 10.2. The highest BCUT2D eigenvalue weighted by molar-refractivity contribution is 5.57. The number of hydrogen-bond acceptors (Lipinski definition) is 2. The Morgan fingerprint density at radius 3 is 2.76 bits per heavy atom. The van der Waals surface area contributed by atoms with E-state index in [9.17, 15) is 4.39 Å². The minimum Gasteiger partial charge on any atom is -0.368 e. The zero-order chi connectivity index (χ0) is 14.8. The van der Waals surface area contributed by atoms with E-state index < -0.39 is 0 Å². The fraction of sp³-hybridized carbons (Fsp3) is 0.667. The van der Waals surface area contributed by atoms with Crippen LogP contribution >= 0.6 is 0 Å². The molecule has 2 nitrogen and oxygen atoms in total. The lowest BCUT2D eigenvalue weighted by atomic mass is 9.78. The van der Waals surface area contributed by atoms with Crippen LogP contribution in [-0.2, 0) is 0 Å². The maximum Gasteiger partial charge on any atom is 0.130 e. The van der Waals surface area contributed by atoms with Gasteiger partial charge in [-0.2, -0.15) is 0 Å². The first-order valence-corrected chi connectivity index (χ1v) is 8.44. The van der Waals surface area contributed by atoms with Gasteiger partial charge < -0.3 is 10.2 Å². The van der Waals surface area contributed by atoms with Gasteiger partial charge in [-0.15, -0.1) is 0 Å². The highest BCUT2D eigenvalue weighted by atomic mass is 19.1. The van der Waals surface area contributed by atoms with Gasteiger partial charge in [-0.1, -0.05) is 18.9 Å². The molecule has 1 saturated carbocycles. The van der Waals surface area contributed by atoms with Gasteiger partial charge >= 0.3 is 0 Å². The summed E-state index contributed by atoms with van der Waals surface area (Å²) in [5.41, 5.74) is 1.96. The molecule has 1 aliphatic heterocycles. The minimum atomic E-state index is -0.0766. The molecule has 21 heavy (non-hydrogen) atoms. The summed E-state index contributed by atoms with van der Waals surface area (Å²) in [5, 5.41) is 3.21. The van der Waals surface area contributed by atoms with E-state index >= 15 is 0 Å². The molecule has 1 aliphatic carbocycles. The lowest BCUT2D eigenvalue weighted by Gasteiger charge is -2.46. The predicted molar refractivity (Wildman–Crippen MR) is 86.2 cm³/mol. The number of piperidine rings is 1. The Bertz CT molecular complexity index is 486. The van der Waals surface area contributed by atoms with Crippen molar-refractivity contribution in [2.24, 2.45) is 5.92 Å². The monoisotopic (exact) mass is 290 g/mol. The van der Waals surface area contributed by atoms with Crippen LogP contribution in [0.1, 0.15) is 57.1 Å². The third-order valence-electron chi connectivity index (χ3n) is 5.45. The number of fused-ring (bicyclic) bond motifs is 1. The van der Waals surface area contributed by atoms with E-state index in [2.05, 4.69) is 16.3 Å². The molecule has 1 aromatic carbocycles. The molecule has 3 rings (SSSR count). The summed E-state index contributed by atoms with van der Waals surface area (Å²) in [7, 11) is 1.90. The lowest BCUT2D eigenvalue weighted by Crippen LogP contribution is -2.47. The molecule has 0 aromatic heterocycles. The van der Waals surface area contributed by atoms with Crippen molar-refractivity contribution in [3.63, 3.8) is 0 Å². The van der Waals surface area contributed by atoms with Crippen LogP contribution in [0.4, 0.5) is 10.1 Å². The SMILES string of the molecule is CNC(C)c1c(F)cccc1N1CCC[C@H]2CCCC[C@H]21. The maximum absolute atomic E-state index is 14.4. The van der Waals surface area contributed by atoms with Crippen LogP contribution in [0.3, 0.4) is 0 Å². The fourth-order valence-corrected chi connectivity index (χ4v) is 4.27. The van der Waals surface area contributed by atoms with Gasteiger partial charge in [0.2, 0.25) is 0 Å². The van der Waals surface area contributed by atoms with Crippen molar-refractivity contribution in [3.8, 4) is 0 Å². The van der Waals surface area contributed by atoms with Crippen molar-refractivity contribution in [2.45, 2.75) is 57.5 Å². The second kappa shape index (κ2) is 6.35. The zero-order valence-electron chi connectivity index (χ0n) is 13.2. The number of rotatable bonds is 3. The van der Waals surface area contributed by atoms with Gasteiger partial charge in [0.25, 0.3) is 0 Å². The van der Waals surface area contributed by atoms with E-state index in [1.165, 1.54) is 38.5 Å². The molecule has 1 unspecified atom stereocenters. The zero-order valence-corrected chi connectivity index (χ0v) is 13.2. The van der Waals surface area contributed by atoms with Crippen LogP contribution in [0.5, 0.6) is 0 Å². The molecule has 1 N–H and O–H groups in total. The Morgan fingerprint density at radius 1 is 1.19 bits per heavy atom. The van der Waals surface area contributed by atoms with E-state index in [1.807, 2.05) is 20.0 Å². The quantitative estimate of drug-likeness (QED) is 0.894. The molecule has 2 fully saturated rings. The maximum atomic E-state index is 14.4. The summed E-state index contributed by atoms with van der Waals surface area (Å²) in [6.07, 6.45) is 7.92. The third kappa shape index (κ3) is 2.80. The van der Waals surface area contributed by atoms with Crippen LogP contribution < -0.4 is 10.2 Å². The first-order valence-electron chi connectivity index (χ1n) is 8.44. The topological polar surface area (TPSA) is 15.3 Å². The van der Waals surface area contributed by atoms with Gasteiger partial charge in [-0.3, -0.25) is 0 Å². The Kier molecular flexibility index (Phi) is 4.48. The number of hydrogen-bond donors (Lipinski definition) is 1. The number of anilines is 1.